The maximum Gasteiger partial charge on any atom is 0.335 e. The second-order valence-corrected chi connectivity index (χ2v) is 6.44. The maximum atomic E-state index is 12.9. The van der Waals surface area contributed by atoms with E-state index in [1.165, 1.54) is 19.2 Å². The van der Waals surface area contributed by atoms with E-state index >= 15 is 0 Å². The summed E-state index contributed by atoms with van der Waals surface area (Å²) in [5.41, 5.74) is 0.769. The van der Waals surface area contributed by atoms with E-state index in [1.807, 2.05) is 0 Å². The molecule has 2 aromatic rings. The Kier molecular flexibility index (Phi) is 4.85. The van der Waals surface area contributed by atoms with Gasteiger partial charge in [0.2, 0.25) is 0 Å². The van der Waals surface area contributed by atoms with E-state index < -0.39 is 23.8 Å². The highest BCUT2D eigenvalue weighted by atomic mass is 35.5. The number of rotatable bonds is 4. The lowest BCUT2D eigenvalue weighted by Gasteiger charge is -2.27. The summed E-state index contributed by atoms with van der Waals surface area (Å²) in [5.74, 6) is -1.88. The number of hydrogen-bond donors (Lipinski definition) is 0. The first-order valence-corrected chi connectivity index (χ1v) is 8.31. The van der Waals surface area contributed by atoms with Gasteiger partial charge < -0.3 is 4.74 Å². The van der Waals surface area contributed by atoms with Gasteiger partial charge in [-0.1, -0.05) is 60.1 Å². The molecule has 132 valence electrons. The van der Waals surface area contributed by atoms with Crippen LogP contribution in [-0.2, 0) is 9.53 Å². The van der Waals surface area contributed by atoms with Crippen LogP contribution in [0.3, 0.4) is 0 Å². The Labute approximate surface area is 159 Å². The van der Waals surface area contributed by atoms with Gasteiger partial charge in [-0.05, 0) is 17.7 Å². The van der Waals surface area contributed by atoms with Gasteiger partial charge in [0.15, 0.2) is 0 Å². The monoisotopic (exact) mass is 389 g/mol. The Morgan fingerprint density at radius 2 is 1.54 bits per heavy atom. The first-order valence-electron chi connectivity index (χ1n) is 7.55. The summed E-state index contributed by atoms with van der Waals surface area (Å²) >= 11 is 12.0. The van der Waals surface area contributed by atoms with Gasteiger partial charge in [-0.15, -0.1) is 0 Å². The molecular formula is C19H13Cl2NO4. The lowest BCUT2D eigenvalue weighted by atomic mass is 9.98. The number of fused-ring (bicyclic) bond motifs is 1. The van der Waals surface area contributed by atoms with Crippen molar-refractivity contribution in [2.45, 2.75) is 6.04 Å². The summed E-state index contributed by atoms with van der Waals surface area (Å²) in [6.07, 6.45) is 0. The summed E-state index contributed by atoms with van der Waals surface area (Å²) in [6, 6.07) is 10.3. The van der Waals surface area contributed by atoms with Crippen molar-refractivity contribution in [3.63, 3.8) is 0 Å². The fraction of sp³-hybridized carbons (Fsp3) is 0.105. The van der Waals surface area contributed by atoms with E-state index in [2.05, 4.69) is 6.58 Å². The molecule has 0 aromatic heterocycles. The molecule has 7 heteroatoms. The summed E-state index contributed by atoms with van der Waals surface area (Å²) in [4.78, 5) is 38.9. The predicted octanol–water partition coefficient (Wildman–Crippen LogP) is 4.06. The molecule has 0 spiro atoms. The molecule has 1 aliphatic heterocycles. The number of amides is 2. The molecule has 2 aromatic carbocycles. The number of carbonyl (C=O) groups is 3. The molecule has 0 aliphatic carbocycles. The molecule has 0 N–H and O–H groups in total. The van der Waals surface area contributed by atoms with Crippen LogP contribution in [0, 0.1) is 0 Å². The van der Waals surface area contributed by atoms with Crippen LogP contribution < -0.4 is 0 Å². The van der Waals surface area contributed by atoms with E-state index in [9.17, 15) is 14.4 Å². The fourth-order valence-corrected chi connectivity index (χ4v) is 3.20. The number of carbonyl (C=O) groups excluding carboxylic acids is 3. The van der Waals surface area contributed by atoms with Gasteiger partial charge in [0.1, 0.15) is 0 Å². The van der Waals surface area contributed by atoms with Crippen molar-refractivity contribution < 1.29 is 19.1 Å². The number of benzene rings is 2. The number of esters is 1. The van der Waals surface area contributed by atoms with Crippen LogP contribution in [0.2, 0.25) is 10.0 Å². The molecule has 26 heavy (non-hydrogen) atoms. The van der Waals surface area contributed by atoms with Crippen molar-refractivity contribution in [1.29, 1.82) is 0 Å². The molecule has 1 atom stereocenters. The van der Waals surface area contributed by atoms with Crippen LogP contribution in [0.25, 0.3) is 0 Å². The summed E-state index contributed by atoms with van der Waals surface area (Å²) in [6.45, 7) is 3.74. The van der Waals surface area contributed by atoms with Crippen molar-refractivity contribution in [3.05, 3.63) is 81.4 Å². The predicted molar refractivity (Wildman–Crippen MR) is 97.3 cm³/mol. The Balaban J connectivity index is 2.14. The van der Waals surface area contributed by atoms with E-state index in [4.69, 9.17) is 27.9 Å². The minimum Gasteiger partial charge on any atom is -0.466 e. The zero-order valence-electron chi connectivity index (χ0n) is 13.7. The Hall–Kier alpha value is -2.63. The molecule has 0 radical (unpaired) electrons. The smallest absolute Gasteiger partial charge is 0.335 e. The first kappa shape index (κ1) is 18.2. The first-order chi connectivity index (χ1) is 12.4. The van der Waals surface area contributed by atoms with Gasteiger partial charge in [0.05, 0.1) is 39.9 Å². The number of hydrogen-bond acceptors (Lipinski definition) is 4. The quantitative estimate of drug-likeness (QED) is 0.449. The number of methoxy groups -OCH3 is 1. The largest absolute Gasteiger partial charge is 0.466 e. The third-order valence-electron chi connectivity index (χ3n) is 4.11. The zero-order chi connectivity index (χ0) is 19.0. The van der Waals surface area contributed by atoms with E-state index in [0.29, 0.717) is 5.56 Å². The normalized spacial score (nSPS) is 14.2. The summed E-state index contributed by atoms with van der Waals surface area (Å²) < 4.78 is 4.73. The summed E-state index contributed by atoms with van der Waals surface area (Å²) in [5, 5.41) is 0.327. The molecule has 1 heterocycles. The third kappa shape index (κ3) is 2.89. The number of halogens is 2. The standard InChI is InChI=1S/C19H13Cl2NO4/c1-10(19(25)26-2)16(11-6-4-3-5-7-11)22-17(23)12-8-14(20)15(21)9-13(12)18(22)24/h3-9,16H,1H2,2H3. The molecule has 3 rings (SSSR count). The summed E-state index contributed by atoms with van der Waals surface area (Å²) in [7, 11) is 1.21. The van der Waals surface area contributed by atoms with Gasteiger partial charge in [0, 0.05) is 0 Å². The third-order valence-corrected chi connectivity index (χ3v) is 4.83. The highest BCUT2D eigenvalue weighted by molar-refractivity contribution is 6.43. The van der Waals surface area contributed by atoms with Crippen molar-refractivity contribution in [2.75, 3.05) is 7.11 Å². The van der Waals surface area contributed by atoms with Crippen LogP contribution in [0.4, 0.5) is 0 Å². The topological polar surface area (TPSA) is 63.7 Å². The maximum absolute atomic E-state index is 12.9. The average Bonchev–Trinajstić information content (AvgIpc) is 2.87. The van der Waals surface area contributed by atoms with E-state index in [1.54, 1.807) is 30.3 Å². The molecule has 1 aliphatic rings. The number of imide groups is 1. The van der Waals surface area contributed by atoms with Crippen molar-refractivity contribution in [3.8, 4) is 0 Å². The van der Waals surface area contributed by atoms with Crippen LogP contribution >= 0.6 is 23.2 Å². The van der Waals surface area contributed by atoms with Crippen LogP contribution in [-0.4, -0.2) is 29.8 Å². The second-order valence-electron chi connectivity index (χ2n) is 5.62. The molecule has 0 fully saturated rings. The van der Waals surface area contributed by atoms with Crippen LogP contribution in [0.1, 0.15) is 32.3 Å². The Morgan fingerprint density at radius 3 is 2.00 bits per heavy atom. The lowest BCUT2D eigenvalue weighted by Crippen LogP contribution is -2.36. The van der Waals surface area contributed by atoms with Crippen LogP contribution in [0.5, 0.6) is 0 Å². The zero-order valence-corrected chi connectivity index (χ0v) is 15.2. The van der Waals surface area contributed by atoms with Gasteiger partial charge in [-0.2, -0.15) is 0 Å². The highest BCUT2D eigenvalue weighted by Gasteiger charge is 2.43. The fourth-order valence-electron chi connectivity index (χ4n) is 2.87. The van der Waals surface area contributed by atoms with Crippen molar-refractivity contribution in [2.24, 2.45) is 0 Å². The number of nitrogens with zero attached hydrogens (tertiary/aromatic N) is 1. The lowest BCUT2D eigenvalue weighted by molar-refractivity contribution is -0.136. The van der Waals surface area contributed by atoms with E-state index in [-0.39, 0.29) is 26.7 Å². The Bertz CT molecular complexity index is 899. The second kappa shape index (κ2) is 6.94. The van der Waals surface area contributed by atoms with Crippen molar-refractivity contribution in [1.82, 2.24) is 4.90 Å². The van der Waals surface area contributed by atoms with Crippen molar-refractivity contribution >= 4 is 41.0 Å². The van der Waals surface area contributed by atoms with Gasteiger partial charge in [-0.3, -0.25) is 14.5 Å². The van der Waals surface area contributed by atoms with Gasteiger partial charge >= 0.3 is 5.97 Å². The van der Waals surface area contributed by atoms with Crippen LogP contribution in [0.15, 0.2) is 54.6 Å². The SMILES string of the molecule is C=C(C(=O)OC)C(c1ccccc1)N1C(=O)c2cc(Cl)c(Cl)cc2C1=O. The molecule has 0 bridgehead atoms. The average molecular weight is 390 g/mol. The van der Waals surface area contributed by atoms with E-state index in [0.717, 1.165) is 4.90 Å². The highest BCUT2D eigenvalue weighted by Crippen LogP contribution is 2.38. The molecule has 5 nitrogen and oxygen atoms in total. The molecule has 2 amide bonds. The molecular weight excluding hydrogens is 377 g/mol. The number of ether oxygens (including phenoxy) is 1. The van der Waals surface area contributed by atoms with Gasteiger partial charge in [0.25, 0.3) is 11.8 Å². The minimum absolute atomic E-state index is 0.0367. The molecule has 1 unspecified atom stereocenters. The molecule has 0 saturated carbocycles. The van der Waals surface area contributed by atoms with Gasteiger partial charge in [-0.25, -0.2) is 4.79 Å². The Morgan fingerprint density at radius 1 is 1.04 bits per heavy atom. The minimum atomic E-state index is -1.01. The molecule has 0 saturated heterocycles.